The molecule has 1 aromatic carbocycles. The molecule has 0 aliphatic heterocycles. The number of hydrogen-bond acceptors (Lipinski definition) is 3. The van der Waals surface area contributed by atoms with Gasteiger partial charge in [-0.25, -0.2) is 0 Å². The summed E-state index contributed by atoms with van der Waals surface area (Å²) in [6.45, 7) is 3.68. The summed E-state index contributed by atoms with van der Waals surface area (Å²) in [5.74, 6) is 0. The van der Waals surface area contributed by atoms with Crippen LogP contribution in [0.1, 0.15) is 25.3 Å². The Kier molecular flexibility index (Phi) is 6.86. The summed E-state index contributed by atoms with van der Waals surface area (Å²) in [5.41, 5.74) is 7.15. The van der Waals surface area contributed by atoms with Crippen molar-refractivity contribution in [2.24, 2.45) is 5.73 Å². The Balaban J connectivity index is 2.24. The number of unbranched alkanes of at least 4 members (excludes halogenated alkanes) is 1. The van der Waals surface area contributed by atoms with Crippen LogP contribution in [-0.4, -0.2) is 30.3 Å². The van der Waals surface area contributed by atoms with Crippen LogP contribution in [-0.2, 0) is 6.42 Å². The minimum atomic E-state index is -0.480. The maximum atomic E-state index is 9.89. The topological polar surface area (TPSA) is 58.3 Å². The van der Waals surface area contributed by atoms with Crippen LogP contribution in [0.5, 0.6) is 0 Å². The van der Waals surface area contributed by atoms with Crippen LogP contribution in [0.25, 0.3) is 0 Å². The van der Waals surface area contributed by atoms with Gasteiger partial charge in [0.2, 0.25) is 0 Å². The Morgan fingerprint density at radius 1 is 1.29 bits per heavy atom. The second-order valence-electron chi connectivity index (χ2n) is 4.48. The second-order valence-corrected chi connectivity index (χ2v) is 4.48. The zero-order valence-electron chi connectivity index (χ0n) is 10.6. The van der Waals surface area contributed by atoms with Crippen molar-refractivity contribution >= 4 is 0 Å². The molecule has 17 heavy (non-hydrogen) atoms. The van der Waals surface area contributed by atoms with Crippen LogP contribution in [0.3, 0.4) is 0 Å². The third-order valence-electron chi connectivity index (χ3n) is 2.87. The average Bonchev–Trinajstić information content (AvgIpc) is 2.35. The van der Waals surface area contributed by atoms with Crippen molar-refractivity contribution in [1.29, 1.82) is 0 Å². The molecule has 0 radical (unpaired) electrons. The van der Waals surface area contributed by atoms with Gasteiger partial charge in [0.15, 0.2) is 0 Å². The van der Waals surface area contributed by atoms with Crippen molar-refractivity contribution in [1.82, 2.24) is 5.32 Å². The van der Waals surface area contributed by atoms with E-state index in [-0.39, 0.29) is 6.04 Å². The van der Waals surface area contributed by atoms with Gasteiger partial charge in [-0.1, -0.05) is 43.7 Å². The van der Waals surface area contributed by atoms with E-state index in [4.69, 9.17) is 5.73 Å². The van der Waals surface area contributed by atoms with E-state index < -0.39 is 6.10 Å². The average molecular weight is 236 g/mol. The molecule has 0 saturated carbocycles. The van der Waals surface area contributed by atoms with Gasteiger partial charge >= 0.3 is 0 Å². The number of benzene rings is 1. The summed E-state index contributed by atoms with van der Waals surface area (Å²) in [6.07, 6.45) is 2.55. The molecule has 0 aromatic heterocycles. The lowest BCUT2D eigenvalue weighted by Crippen LogP contribution is -2.43. The number of rotatable bonds is 8. The first kappa shape index (κ1) is 14.2. The van der Waals surface area contributed by atoms with E-state index in [1.165, 1.54) is 12.0 Å². The van der Waals surface area contributed by atoms with Crippen molar-refractivity contribution in [2.45, 2.75) is 38.3 Å². The summed E-state index contributed by atoms with van der Waals surface area (Å²) < 4.78 is 0. The maximum absolute atomic E-state index is 9.89. The Bertz CT molecular complexity index is 290. The molecular formula is C14H24N2O. The van der Waals surface area contributed by atoms with Crippen molar-refractivity contribution in [2.75, 3.05) is 13.1 Å². The standard InChI is InChI=1S/C14H24N2O/c1-2-3-9-16-11-14(17)13(15)10-12-7-5-4-6-8-12/h4-8,13-14,16-17H,2-3,9-11,15H2,1H3/t13-,14+/m0/s1. The van der Waals surface area contributed by atoms with Gasteiger partial charge in [-0.2, -0.15) is 0 Å². The lowest BCUT2D eigenvalue weighted by molar-refractivity contribution is 0.142. The van der Waals surface area contributed by atoms with Crippen LogP contribution in [0.2, 0.25) is 0 Å². The molecule has 3 heteroatoms. The van der Waals surface area contributed by atoms with Crippen molar-refractivity contribution in [3.63, 3.8) is 0 Å². The van der Waals surface area contributed by atoms with Gasteiger partial charge in [-0.15, -0.1) is 0 Å². The van der Waals surface area contributed by atoms with Crippen LogP contribution >= 0.6 is 0 Å². The van der Waals surface area contributed by atoms with Crippen molar-refractivity contribution < 1.29 is 5.11 Å². The number of hydrogen-bond donors (Lipinski definition) is 3. The highest BCUT2D eigenvalue weighted by Crippen LogP contribution is 2.04. The molecule has 0 spiro atoms. The molecule has 0 heterocycles. The first-order valence-electron chi connectivity index (χ1n) is 6.42. The lowest BCUT2D eigenvalue weighted by Gasteiger charge is -2.19. The number of nitrogens with one attached hydrogen (secondary N) is 1. The van der Waals surface area contributed by atoms with Gasteiger partial charge in [-0.3, -0.25) is 0 Å². The molecule has 0 amide bonds. The van der Waals surface area contributed by atoms with Gasteiger partial charge in [0.25, 0.3) is 0 Å². The van der Waals surface area contributed by atoms with Crippen LogP contribution in [0.4, 0.5) is 0 Å². The Morgan fingerprint density at radius 3 is 2.65 bits per heavy atom. The van der Waals surface area contributed by atoms with E-state index in [9.17, 15) is 5.11 Å². The predicted octanol–water partition coefficient (Wildman–Crippen LogP) is 1.31. The van der Waals surface area contributed by atoms with Gasteiger partial charge in [0.1, 0.15) is 0 Å². The van der Waals surface area contributed by atoms with Gasteiger partial charge in [0, 0.05) is 12.6 Å². The second kappa shape index (κ2) is 8.23. The first-order valence-corrected chi connectivity index (χ1v) is 6.42. The fourth-order valence-corrected chi connectivity index (χ4v) is 1.73. The molecule has 0 unspecified atom stereocenters. The van der Waals surface area contributed by atoms with Crippen molar-refractivity contribution in [3.05, 3.63) is 35.9 Å². The summed E-state index contributed by atoms with van der Waals surface area (Å²) in [4.78, 5) is 0. The molecule has 0 aliphatic carbocycles. The normalized spacial score (nSPS) is 14.5. The summed E-state index contributed by atoms with van der Waals surface area (Å²) in [5, 5.41) is 13.1. The monoisotopic (exact) mass is 236 g/mol. The van der Waals surface area contributed by atoms with E-state index in [0.717, 1.165) is 19.4 Å². The predicted molar refractivity (Wildman–Crippen MR) is 71.9 cm³/mol. The highest BCUT2D eigenvalue weighted by molar-refractivity contribution is 5.16. The number of aliphatic hydroxyl groups is 1. The lowest BCUT2D eigenvalue weighted by atomic mass is 10.0. The van der Waals surface area contributed by atoms with Gasteiger partial charge < -0.3 is 16.2 Å². The minimum Gasteiger partial charge on any atom is -0.390 e. The van der Waals surface area contributed by atoms with E-state index in [2.05, 4.69) is 12.2 Å². The molecule has 3 nitrogen and oxygen atoms in total. The molecular weight excluding hydrogens is 212 g/mol. The zero-order chi connectivity index (χ0) is 12.5. The summed E-state index contributed by atoms with van der Waals surface area (Å²) in [7, 11) is 0. The third-order valence-corrected chi connectivity index (χ3v) is 2.87. The zero-order valence-corrected chi connectivity index (χ0v) is 10.6. The van der Waals surface area contributed by atoms with E-state index in [1.807, 2.05) is 30.3 Å². The maximum Gasteiger partial charge on any atom is 0.0818 e. The van der Waals surface area contributed by atoms with E-state index >= 15 is 0 Å². The Hall–Kier alpha value is -0.900. The minimum absolute atomic E-state index is 0.202. The molecule has 1 rings (SSSR count). The van der Waals surface area contributed by atoms with Gasteiger partial charge in [0.05, 0.1) is 6.10 Å². The van der Waals surface area contributed by atoms with Crippen LogP contribution in [0.15, 0.2) is 30.3 Å². The fourth-order valence-electron chi connectivity index (χ4n) is 1.73. The largest absolute Gasteiger partial charge is 0.390 e. The van der Waals surface area contributed by atoms with Crippen molar-refractivity contribution in [3.8, 4) is 0 Å². The molecule has 1 aromatic rings. The highest BCUT2D eigenvalue weighted by atomic mass is 16.3. The first-order chi connectivity index (χ1) is 8.24. The summed E-state index contributed by atoms with van der Waals surface area (Å²) >= 11 is 0. The van der Waals surface area contributed by atoms with E-state index in [1.54, 1.807) is 0 Å². The van der Waals surface area contributed by atoms with E-state index in [0.29, 0.717) is 6.54 Å². The molecule has 0 saturated heterocycles. The van der Waals surface area contributed by atoms with Crippen LogP contribution in [0, 0.1) is 0 Å². The molecule has 2 atom stereocenters. The Labute approximate surface area is 104 Å². The molecule has 4 N–H and O–H groups in total. The summed E-state index contributed by atoms with van der Waals surface area (Å²) in [6, 6.07) is 9.85. The third kappa shape index (κ3) is 5.82. The SMILES string of the molecule is CCCCNC[C@@H](O)[C@@H](N)Cc1ccccc1. The highest BCUT2D eigenvalue weighted by Gasteiger charge is 2.14. The smallest absolute Gasteiger partial charge is 0.0818 e. The molecule has 0 bridgehead atoms. The van der Waals surface area contributed by atoms with Crippen LogP contribution < -0.4 is 11.1 Å². The van der Waals surface area contributed by atoms with Gasteiger partial charge in [-0.05, 0) is 24.9 Å². The number of nitrogens with two attached hydrogens (primary N) is 1. The number of aliphatic hydroxyl groups excluding tert-OH is 1. The molecule has 0 aliphatic rings. The Morgan fingerprint density at radius 2 is 2.00 bits per heavy atom. The fraction of sp³-hybridized carbons (Fsp3) is 0.571. The quantitative estimate of drug-likeness (QED) is 0.596. The molecule has 0 fully saturated rings. The molecule has 96 valence electrons.